The van der Waals surface area contributed by atoms with E-state index in [9.17, 15) is 27.9 Å². The van der Waals surface area contributed by atoms with Gasteiger partial charge in [0, 0.05) is 25.4 Å². The van der Waals surface area contributed by atoms with Gasteiger partial charge in [-0.15, -0.1) is 0 Å². The van der Waals surface area contributed by atoms with Gasteiger partial charge in [-0.2, -0.15) is 13.2 Å². The zero-order valence-electron chi connectivity index (χ0n) is 11.3. The molecule has 0 aromatic heterocycles. The first-order valence-electron chi connectivity index (χ1n) is 6.71. The quantitative estimate of drug-likeness (QED) is 0.777. The van der Waals surface area contributed by atoms with E-state index in [0.717, 1.165) is 12.8 Å². The molecule has 2 atom stereocenters. The predicted molar refractivity (Wildman–Crippen MR) is 70.9 cm³/mol. The minimum Gasteiger partial charge on any atom is -0.481 e. The molecular formula is C12H17F3N2O3S. The first kappa shape index (κ1) is 16.3. The van der Waals surface area contributed by atoms with Crippen LogP contribution in [0, 0.1) is 11.3 Å². The molecule has 1 heterocycles. The van der Waals surface area contributed by atoms with Gasteiger partial charge in [0.1, 0.15) is 0 Å². The maximum absolute atomic E-state index is 12.0. The number of hydrogen-bond acceptors (Lipinski definition) is 3. The number of carbonyl (C=O) groups excluding carboxylic acids is 1. The molecule has 21 heavy (non-hydrogen) atoms. The van der Waals surface area contributed by atoms with E-state index in [2.05, 4.69) is 5.32 Å². The first-order chi connectivity index (χ1) is 9.74. The van der Waals surface area contributed by atoms with Crippen LogP contribution in [0.4, 0.5) is 18.0 Å². The first-order valence-corrected chi connectivity index (χ1v) is 7.70. The molecule has 0 aromatic rings. The molecule has 1 aliphatic heterocycles. The lowest BCUT2D eigenvalue weighted by molar-refractivity contribution is -0.149. The molecule has 0 radical (unpaired) electrons. The zero-order valence-corrected chi connectivity index (χ0v) is 12.1. The van der Waals surface area contributed by atoms with E-state index in [1.54, 1.807) is 0 Å². The summed E-state index contributed by atoms with van der Waals surface area (Å²) >= 11 is -0.188. The number of nitrogens with one attached hydrogen (secondary N) is 1. The molecule has 120 valence electrons. The van der Waals surface area contributed by atoms with Crippen LogP contribution in [0.15, 0.2) is 0 Å². The van der Waals surface area contributed by atoms with Crippen molar-refractivity contribution in [3.05, 3.63) is 0 Å². The molecule has 1 saturated heterocycles. The minimum absolute atomic E-state index is 0.0506. The minimum atomic E-state index is -4.30. The topological polar surface area (TPSA) is 69.6 Å². The van der Waals surface area contributed by atoms with Gasteiger partial charge in [-0.25, -0.2) is 4.79 Å². The summed E-state index contributed by atoms with van der Waals surface area (Å²) in [5, 5.41) is 11.8. The molecule has 0 bridgehead atoms. The van der Waals surface area contributed by atoms with E-state index in [1.165, 1.54) is 4.90 Å². The molecule has 2 fully saturated rings. The van der Waals surface area contributed by atoms with Crippen LogP contribution in [0.1, 0.15) is 19.3 Å². The predicted octanol–water partition coefficient (Wildman–Crippen LogP) is 2.14. The van der Waals surface area contributed by atoms with Gasteiger partial charge in [-0.3, -0.25) is 4.79 Å². The average molecular weight is 326 g/mol. The fourth-order valence-electron chi connectivity index (χ4n) is 3.23. The summed E-state index contributed by atoms with van der Waals surface area (Å²) in [5.74, 6) is -1.19. The number of fused-ring (bicyclic) bond motifs is 1. The summed E-state index contributed by atoms with van der Waals surface area (Å²) in [6.07, 6.45) is 2.18. The summed E-state index contributed by atoms with van der Waals surface area (Å²) in [6, 6.07) is -0.479. The van der Waals surface area contributed by atoms with Crippen molar-refractivity contribution >= 4 is 23.8 Å². The highest BCUT2D eigenvalue weighted by atomic mass is 32.2. The third-order valence-electron chi connectivity index (χ3n) is 4.23. The van der Waals surface area contributed by atoms with Crippen LogP contribution in [0.25, 0.3) is 0 Å². The van der Waals surface area contributed by atoms with E-state index >= 15 is 0 Å². The molecule has 0 aromatic carbocycles. The summed E-state index contributed by atoms with van der Waals surface area (Å²) in [7, 11) is 0. The van der Waals surface area contributed by atoms with Crippen molar-refractivity contribution in [1.29, 1.82) is 0 Å². The fourth-order valence-corrected chi connectivity index (χ4v) is 3.67. The third kappa shape index (κ3) is 3.56. The van der Waals surface area contributed by atoms with Crippen molar-refractivity contribution in [1.82, 2.24) is 10.2 Å². The van der Waals surface area contributed by atoms with Crippen molar-refractivity contribution < 1.29 is 27.9 Å². The Morgan fingerprint density at radius 1 is 1.43 bits per heavy atom. The maximum Gasteiger partial charge on any atom is 0.441 e. The molecule has 0 unspecified atom stereocenters. The number of urea groups is 1. The number of halogens is 3. The van der Waals surface area contributed by atoms with Crippen LogP contribution in [0.2, 0.25) is 0 Å². The summed E-state index contributed by atoms with van der Waals surface area (Å²) < 4.78 is 35.9. The molecule has 2 N–H and O–H groups in total. The molecule has 2 amide bonds. The van der Waals surface area contributed by atoms with Crippen molar-refractivity contribution in [2.75, 3.05) is 25.4 Å². The number of aliphatic carboxylic acids is 1. The SMILES string of the molecule is O=C(NCCSC(F)(F)F)N1C[C@@H]2CCC[C@@]2(C(=O)O)C1. The van der Waals surface area contributed by atoms with Crippen molar-refractivity contribution in [2.45, 2.75) is 24.8 Å². The Bertz CT molecular complexity index is 432. The fraction of sp³-hybridized carbons (Fsp3) is 0.833. The van der Waals surface area contributed by atoms with Crippen LogP contribution in [-0.2, 0) is 4.79 Å². The van der Waals surface area contributed by atoms with Crippen LogP contribution < -0.4 is 5.32 Å². The van der Waals surface area contributed by atoms with Crippen LogP contribution >= 0.6 is 11.8 Å². The van der Waals surface area contributed by atoms with E-state index in [4.69, 9.17) is 0 Å². The summed E-state index contributed by atoms with van der Waals surface area (Å²) in [5.41, 5.74) is -5.17. The standard InChI is InChI=1S/C12H17F3N2O3S/c13-12(14,15)21-5-4-16-10(20)17-6-8-2-1-3-11(8,7-17)9(18)19/h8H,1-7H2,(H,16,20)(H,18,19)/t8-,11+/m0/s1. The second-order valence-electron chi connectivity index (χ2n) is 5.46. The Labute approximate surface area is 124 Å². The van der Waals surface area contributed by atoms with Crippen molar-refractivity contribution in [3.63, 3.8) is 0 Å². The number of thioether (sulfide) groups is 1. The van der Waals surface area contributed by atoms with Gasteiger partial charge in [0.15, 0.2) is 0 Å². The Balaban J connectivity index is 1.81. The largest absolute Gasteiger partial charge is 0.481 e. The van der Waals surface area contributed by atoms with Crippen LogP contribution in [0.5, 0.6) is 0 Å². The zero-order chi connectivity index (χ0) is 15.7. The van der Waals surface area contributed by atoms with Crippen LogP contribution in [0.3, 0.4) is 0 Å². The van der Waals surface area contributed by atoms with Gasteiger partial charge in [0.05, 0.1) is 5.41 Å². The number of carboxylic acids is 1. The molecule has 9 heteroatoms. The molecule has 2 aliphatic rings. The van der Waals surface area contributed by atoms with Gasteiger partial charge < -0.3 is 15.3 Å². The smallest absolute Gasteiger partial charge is 0.441 e. The highest BCUT2D eigenvalue weighted by molar-refractivity contribution is 8.00. The number of amides is 2. The third-order valence-corrected chi connectivity index (χ3v) is 4.96. The van der Waals surface area contributed by atoms with E-state index < -0.39 is 22.9 Å². The van der Waals surface area contributed by atoms with E-state index in [-0.39, 0.29) is 36.5 Å². The molecule has 5 nitrogen and oxygen atoms in total. The lowest BCUT2D eigenvalue weighted by atomic mass is 9.81. The van der Waals surface area contributed by atoms with Crippen molar-refractivity contribution in [2.24, 2.45) is 11.3 Å². The molecule has 2 rings (SSSR count). The molecule has 0 spiro atoms. The molecular weight excluding hydrogens is 309 g/mol. The summed E-state index contributed by atoms with van der Waals surface area (Å²) in [4.78, 5) is 24.8. The highest BCUT2D eigenvalue weighted by Gasteiger charge is 2.55. The van der Waals surface area contributed by atoms with Crippen molar-refractivity contribution in [3.8, 4) is 0 Å². The van der Waals surface area contributed by atoms with E-state index in [0.29, 0.717) is 13.0 Å². The summed E-state index contributed by atoms with van der Waals surface area (Å²) in [6.45, 7) is 0.417. The highest BCUT2D eigenvalue weighted by Crippen LogP contribution is 2.48. The lowest BCUT2D eigenvalue weighted by Gasteiger charge is -2.23. The number of hydrogen-bond donors (Lipinski definition) is 2. The number of nitrogens with zero attached hydrogens (tertiary/aromatic N) is 1. The van der Waals surface area contributed by atoms with Gasteiger partial charge in [0.2, 0.25) is 0 Å². The second kappa shape index (κ2) is 5.94. The monoisotopic (exact) mass is 326 g/mol. The van der Waals surface area contributed by atoms with E-state index in [1.807, 2.05) is 0 Å². The Morgan fingerprint density at radius 3 is 2.71 bits per heavy atom. The van der Waals surface area contributed by atoms with Crippen LogP contribution in [-0.4, -0.2) is 52.9 Å². The lowest BCUT2D eigenvalue weighted by Crippen LogP contribution is -2.42. The second-order valence-corrected chi connectivity index (χ2v) is 6.62. The normalized spacial score (nSPS) is 28.5. The maximum atomic E-state index is 12.0. The average Bonchev–Trinajstić information content (AvgIpc) is 2.90. The number of rotatable bonds is 4. The molecule has 1 saturated carbocycles. The molecule has 1 aliphatic carbocycles. The Kier molecular flexibility index (Phi) is 4.60. The number of carbonyl (C=O) groups is 2. The Hall–Kier alpha value is -1.12. The number of likely N-dealkylation sites (tertiary alicyclic amines) is 1. The van der Waals surface area contributed by atoms with Gasteiger partial charge >= 0.3 is 17.5 Å². The Morgan fingerprint density at radius 2 is 2.14 bits per heavy atom. The number of carboxylic acid groups (broad SMARTS) is 1. The van der Waals surface area contributed by atoms with Gasteiger partial charge in [-0.1, -0.05) is 6.42 Å². The number of alkyl halides is 3. The van der Waals surface area contributed by atoms with Gasteiger partial charge in [-0.05, 0) is 30.5 Å². The van der Waals surface area contributed by atoms with Gasteiger partial charge in [0.25, 0.3) is 0 Å².